The second-order valence-electron chi connectivity index (χ2n) is 4.22. The van der Waals surface area contributed by atoms with Gasteiger partial charge in [-0.1, -0.05) is 40.5 Å². The lowest BCUT2D eigenvalue weighted by Gasteiger charge is -2.21. The number of likely N-dealkylation sites (tertiary alicyclic amines) is 1. The summed E-state index contributed by atoms with van der Waals surface area (Å²) < 4.78 is 1.09. The number of hydrogen-bond donors (Lipinski definition) is 0. The van der Waals surface area contributed by atoms with Crippen LogP contribution in [0.5, 0.6) is 0 Å². The Morgan fingerprint density at radius 2 is 2.00 bits per heavy atom. The Kier molecular flexibility index (Phi) is 3.99. The van der Waals surface area contributed by atoms with Crippen LogP contribution >= 0.6 is 15.9 Å². The van der Waals surface area contributed by atoms with E-state index in [2.05, 4.69) is 22.0 Å². The van der Waals surface area contributed by atoms with Gasteiger partial charge in [0.25, 0.3) is 0 Å². The Bertz CT molecular complexity index is 378. The Morgan fingerprint density at radius 3 is 2.81 bits per heavy atom. The molecule has 1 saturated heterocycles. The molecule has 0 N–H and O–H groups in total. The van der Waals surface area contributed by atoms with Crippen molar-refractivity contribution in [3.63, 3.8) is 0 Å². The largest absolute Gasteiger partial charge is 0.338 e. The van der Waals surface area contributed by atoms with Crippen molar-refractivity contribution in [1.29, 1.82) is 0 Å². The summed E-state index contributed by atoms with van der Waals surface area (Å²) in [5, 5.41) is 0. The Hall–Kier alpha value is -0.830. The molecule has 2 nitrogen and oxygen atoms in total. The lowest BCUT2D eigenvalue weighted by molar-refractivity contribution is -0.131. The standard InChI is InChI=1S/C13H16BrNO/c14-12-7-4-3-6-11(12)10-15-9-5-1-2-8-13(15)16/h3-4,6-7H,1-2,5,8-10H2. The van der Waals surface area contributed by atoms with Crippen molar-refractivity contribution in [3.8, 4) is 0 Å². The molecule has 0 spiro atoms. The minimum absolute atomic E-state index is 0.299. The van der Waals surface area contributed by atoms with Crippen LogP contribution in [0.4, 0.5) is 0 Å². The third kappa shape index (κ3) is 2.85. The van der Waals surface area contributed by atoms with Crippen molar-refractivity contribution < 1.29 is 4.79 Å². The number of carbonyl (C=O) groups excluding carboxylic acids is 1. The highest BCUT2D eigenvalue weighted by Crippen LogP contribution is 2.20. The van der Waals surface area contributed by atoms with E-state index in [1.54, 1.807) is 0 Å². The second kappa shape index (κ2) is 5.48. The van der Waals surface area contributed by atoms with E-state index in [9.17, 15) is 4.79 Å². The highest BCUT2D eigenvalue weighted by Gasteiger charge is 2.17. The maximum absolute atomic E-state index is 11.8. The monoisotopic (exact) mass is 281 g/mol. The molecule has 1 heterocycles. The van der Waals surface area contributed by atoms with Gasteiger partial charge in [0, 0.05) is 24.0 Å². The SMILES string of the molecule is O=C1CCCCCN1Cc1ccccc1Br. The minimum atomic E-state index is 0.299. The molecule has 1 aromatic carbocycles. The van der Waals surface area contributed by atoms with Crippen molar-refractivity contribution >= 4 is 21.8 Å². The number of nitrogens with zero attached hydrogens (tertiary/aromatic N) is 1. The Morgan fingerprint density at radius 1 is 1.19 bits per heavy atom. The Balaban J connectivity index is 2.08. The minimum Gasteiger partial charge on any atom is -0.338 e. The molecule has 0 bridgehead atoms. The summed E-state index contributed by atoms with van der Waals surface area (Å²) >= 11 is 3.52. The fraction of sp³-hybridized carbons (Fsp3) is 0.462. The van der Waals surface area contributed by atoms with Crippen LogP contribution in [0.3, 0.4) is 0 Å². The first-order valence-corrected chi connectivity index (χ1v) is 6.58. The van der Waals surface area contributed by atoms with Crippen LogP contribution in [0.2, 0.25) is 0 Å². The normalized spacial score (nSPS) is 17.3. The molecule has 0 unspecified atom stereocenters. The zero-order valence-corrected chi connectivity index (χ0v) is 10.9. The van der Waals surface area contributed by atoms with Gasteiger partial charge in [0.1, 0.15) is 0 Å². The van der Waals surface area contributed by atoms with Crippen molar-refractivity contribution in [1.82, 2.24) is 4.90 Å². The predicted molar refractivity (Wildman–Crippen MR) is 68.0 cm³/mol. The lowest BCUT2D eigenvalue weighted by atomic mass is 10.2. The second-order valence-corrected chi connectivity index (χ2v) is 5.07. The van der Waals surface area contributed by atoms with Gasteiger partial charge < -0.3 is 4.90 Å². The average molecular weight is 282 g/mol. The van der Waals surface area contributed by atoms with E-state index >= 15 is 0 Å². The lowest BCUT2D eigenvalue weighted by Crippen LogP contribution is -2.29. The molecule has 1 fully saturated rings. The maximum Gasteiger partial charge on any atom is 0.222 e. The summed E-state index contributed by atoms with van der Waals surface area (Å²) in [6.07, 6.45) is 4.07. The molecule has 0 aromatic heterocycles. The van der Waals surface area contributed by atoms with Crippen molar-refractivity contribution in [2.24, 2.45) is 0 Å². The van der Waals surface area contributed by atoms with Gasteiger partial charge >= 0.3 is 0 Å². The molecular weight excluding hydrogens is 266 g/mol. The molecule has 0 radical (unpaired) electrons. The quantitative estimate of drug-likeness (QED) is 0.814. The molecule has 0 atom stereocenters. The van der Waals surface area contributed by atoms with Crippen molar-refractivity contribution in [2.75, 3.05) is 6.54 Å². The van der Waals surface area contributed by atoms with Gasteiger partial charge in [-0.3, -0.25) is 4.79 Å². The van der Waals surface area contributed by atoms with Gasteiger partial charge in [0.05, 0.1) is 0 Å². The van der Waals surface area contributed by atoms with E-state index in [1.165, 1.54) is 12.0 Å². The molecule has 86 valence electrons. The first kappa shape index (κ1) is 11.6. The third-order valence-electron chi connectivity index (χ3n) is 2.99. The molecular formula is C13H16BrNO. The van der Waals surface area contributed by atoms with Crippen LogP contribution in [-0.2, 0) is 11.3 Å². The third-order valence-corrected chi connectivity index (χ3v) is 3.76. The highest BCUT2D eigenvalue weighted by atomic mass is 79.9. The summed E-state index contributed by atoms with van der Waals surface area (Å²) in [5.41, 5.74) is 1.19. The van der Waals surface area contributed by atoms with Crippen LogP contribution < -0.4 is 0 Å². The Labute approximate surface area is 105 Å². The number of rotatable bonds is 2. The smallest absolute Gasteiger partial charge is 0.222 e. The summed E-state index contributed by atoms with van der Waals surface area (Å²) in [6, 6.07) is 8.11. The number of benzene rings is 1. The van der Waals surface area contributed by atoms with Gasteiger partial charge in [0.15, 0.2) is 0 Å². The molecule has 0 saturated carbocycles. The van der Waals surface area contributed by atoms with E-state index in [1.807, 2.05) is 23.1 Å². The molecule has 0 aliphatic carbocycles. The molecule has 1 aliphatic rings. The van der Waals surface area contributed by atoms with Crippen molar-refractivity contribution in [3.05, 3.63) is 34.3 Å². The first-order valence-electron chi connectivity index (χ1n) is 5.78. The number of amides is 1. The van der Waals surface area contributed by atoms with E-state index in [0.29, 0.717) is 12.3 Å². The maximum atomic E-state index is 11.8. The van der Waals surface area contributed by atoms with E-state index < -0.39 is 0 Å². The number of hydrogen-bond acceptors (Lipinski definition) is 1. The molecule has 1 amide bonds. The van der Waals surface area contributed by atoms with E-state index in [-0.39, 0.29) is 0 Å². The van der Waals surface area contributed by atoms with E-state index in [0.717, 1.165) is 30.4 Å². The molecule has 2 rings (SSSR count). The number of halogens is 1. The fourth-order valence-corrected chi connectivity index (χ4v) is 2.45. The number of carbonyl (C=O) groups is 1. The average Bonchev–Trinajstić information content (AvgIpc) is 2.48. The highest BCUT2D eigenvalue weighted by molar-refractivity contribution is 9.10. The summed E-state index contributed by atoms with van der Waals surface area (Å²) in [4.78, 5) is 13.8. The molecule has 1 aliphatic heterocycles. The zero-order chi connectivity index (χ0) is 11.4. The van der Waals surface area contributed by atoms with Gasteiger partial charge in [-0.25, -0.2) is 0 Å². The van der Waals surface area contributed by atoms with E-state index in [4.69, 9.17) is 0 Å². The van der Waals surface area contributed by atoms with Gasteiger partial charge in [0.2, 0.25) is 5.91 Å². The fourth-order valence-electron chi connectivity index (χ4n) is 2.04. The van der Waals surface area contributed by atoms with Crippen LogP contribution in [0.25, 0.3) is 0 Å². The summed E-state index contributed by atoms with van der Waals surface area (Å²) in [6.45, 7) is 1.64. The summed E-state index contributed by atoms with van der Waals surface area (Å²) in [7, 11) is 0. The first-order chi connectivity index (χ1) is 7.77. The zero-order valence-electron chi connectivity index (χ0n) is 9.29. The van der Waals surface area contributed by atoms with Gasteiger partial charge in [-0.2, -0.15) is 0 Å². The molecule has 3 heteroatoms. The van der Waals surface area contributed by atoms with Gasteiger partial charge in [-0.05, 0) is 24.5 Å². The topological polar surface area (TPSA) is 20.3 Å². The van der Waals surface area contributed by atoms with Crippen LogP contribution in [0.1, 0.15) is 31.2 Å². The predicted octanol–water partition coefficient (Wildman–Crippen LogP) is 3.35. The summed E-state index contributed by atoms with van der Waals surface area (Å²) in [5.74, 6) is 0.299. The van der Waals surface area contributed by atoms with Crippen LogP contribution in [0.15, 0.2) is 28.7 Å². The molecule has 1 aromatic rings. The van der Waals surface area contributed by atoms with Gasteiger partial charge in [-0.15, -0.1) is 0 Å². The molecule has 16 heavy (non-hydrogen) atoms. The van der Waals surface area contributed by atoms with Crippen LogP contribution in [-0.4, -0.2) is 17.4 Å². The van der Waals surface area contributed by atoms with Crippen LogP contribution in [0, 0.1) is 0 Å². The van der Waals surface area contributed by atoms with Crippen molar-refractivity contribution in [2.45, 2.75) is 32.2 Å².